The lowest BCUT2D eigenvalue weighted by atomic mass is 10.1. The molecule has 0 atom stereocenters. The Balaban J connectivity index is 1.88. The Morgan fingerprint density at radius 1 is 1.43 bits per heavy atom. The molecule has 0 saturated heterocycles. The van der Waals surface area contributed by atoms with Crippen LogP contribution < -0.4 is 0 Å². The van der Waals surface area contributed by atoms with Gasteiger partial charge < -0.3 is 19.0 Å². The normalized spacial score (nSPS) is 14.7. The topological polar surface area (TPSA) is 67.3 Å². The van der Waals surface area contributed by atoms with E-state index in [0.29, 0.717) is 18.1 Å². The Morgan fingerprint density at radius 2 is 2.22 bits per heavy atom. The fourth-order valence-electron chi connectivity index (χ4n) is 2.67. The van der Waals surface area contributed by atoms with E-state index in [2.05, 4.69) is 23.1 Å². The fourth-order valence-corrected chi connectivity index (χ4v) is 2.67. The summed E-state index contributed by atoms with van der Waals surface area (Å²) in [6.45, 7) is 10.5. The number of rotatable bonds is 4. The molecule has 0 radical (unpaired) electrons. The van der Waals surface area contributed by atoms with Gasteiger partial charge in [0.2, 0.25) is 5.89 Å². The lowest BCUT2D eigenvalue weighted by Gasteiger charge is -2.29. The number of nitrogens with zero attached hydrogens (tertiary/aromatic N) is 4. The van der Waals surface area contributed by atoms with E-state index in [-0.39, 0.29) is 5.76 Å². The van der Waals surface area contributed by atoms with Gasteiger partial charge in [-0.1, -0.05) is 19.2 Å². The smallest absolute Gasteiger partial charge is 0.247 e. The van der Waals surface area contributed by atoms with Gasteiger partial charge in [-0.15, -0.1) is 0 Å². The van der Waals surface area contributed by atoms with Gasteiger partial charge in [-0.3, -0.25) is 0 Å². The standard InChI is InChI=1S/C17H20N4O2/c1-5-6-15(11(2)22)21-8-7-16-13(10-21)19-17(23-16)14-9-20(4)12(3)18-14/h5-6,9,22H,1-2,7-8,10H2,3-4H3/b15-6+. The van der Waals surface area contributed by atoms with Crippen LogP contribution in [0.3, 0.4) is 0 Å². The highest BCUT2D eigenvalue weighted by Gasteiger charge is 2.25. The third kappa shape index (κ3) is 2.79. The lowest BCUT2D eigenvalue weighted by Crippen LogP contribution is -2.30. The van der Waals surface area contributed by atoms with Gasteiger partial charge in [0.25, 0.3) is 0 Å². The number of fused-ring (bicyclic) bond motifs is 1. The number of aliphatic hydroxyl groups is 1. The average molecular weight is 312 g/mol. The molecule has 1 N–H and O–H groups in total. The predicted octanol–water partition coefficient (Wildman–Crippen LogP) is 2.88. The molecule has 0 saturated carbocycles. The van der Waals surface area contributed by atoms with Crippen molar-refractivity contribution in [3.63, 3.8) is 0 Å². The van der Waals surface area contributed by atoms with E-state index < -0.39 is 0 Å². The molecule has 3 rings (SSSR count). The molecule has 2 aromatic rings. The number of aromatic nitrogens is 3. The minimum atomic E-state index is 0.0254. The van der Waals surface area contributed by atoms with Crippen molar-refractivity contribution in [2.24, 2.45) is 7.05 Å². The third-order valence-electron chi connectivity index (χ3n) is 3.97. The number of allylic oxidation sites excluding steroid dienone is 2. The van der Waals surface area contributed by atoms with Crippen LogP contribution in [0.1, 0.15) is 17.3 Å². The van der Waals surface area contributed by atoms with Crippen molar-refractivity contribution in [3.05, 3.63) is 60.2 Å². The molecule has 6 nitrogen and oxygen atoms in total. The second kappa shape index (κ2) is 5.79. The second-order valence-corrected chi connectivity index (χ2v) is 5.58. The number of hydrogen-bond donors (Lipinski definition) is 1. The molecule has 120 valence electrons. The van der Waals surface area contributed by atoms with Gasteiger partial charge in [0.05, 0.1) is 12.2 Å². The summed E-state index contributed by atoms with van der Waals surface area (Å²) in [6.07, 6.45) is 6.01. The largest absolute Gasteiger partial charge is 0.506 e. The Labute approximate surface area is 135 Å². The van der Waals surface area contributed by atoms with Crippen molar-refractivity contribution < 1.29 is 9.52 Å². The number of oxazole rings is 1. The van der Waals surface area contributed by atoms with Gasteiger partial charge in [0.1, 0.15) is 28.7 Å². The molecule has 1 aliphatic rings. The lowest BCUT2D eigenvalue weighted by molar-refractivity contribution is 0.276. The van der Waals surface area contributed by atoms with Crippen molar-refractivity contribution >= 4 is 0 Å². The monoisotopic (exact) mass is 312 g/mol. The zero-order valence-corrected chi connectivity index (χ0v) is 13.4. The molecule has 0 aromatic carbocycles. The minimum absolute atomic E-state index is 0.0254. The third-order valence-corrected chi connectivity index (χ3v) is 3.97. The maximum absolute atomic E-state index is 9.75. The van der Waals surface area contributed by atoms with Gasteiger partial charge in [-0.2, -0.15) is 0 Å². The SMILES string of the molecule is C=C/C=C(\C(=C)O)N1CCc2oc(-c3cn(C)c(C)n3)nc2C1. The van der Waals surface area contributed by atoms with Crippen LogP contribution in [0.2, 0.25) is 0 Å². The van der Waals surface area contributed by atoms with Crippen molar-refractivity contribution in [2.45, 2.75) is 19.9 Å². The van der Waals surface area contributed by atoms with Gasteiger partial charge in [0, 0.05) is 26.2 Å². The first-order chi connectivity index (χ1) is 11.0. The number of aliphatic hydroxyl groups excluding tert-OH is 1. The highest BCUT2D eigenvalue weighted by atomic mass is 16.4. The van der Waals surface area contributed by atoms with Crippen molar-refractivity contribution in [1.29, 1.82) is 0 Å². The second-order valence-electron chi connectivity index (χ2n) is 5.58. The Hall–Kier alpha value is -2.76. The van der Waals surface area contributed by atoms with E-state index in [1.165, 1.54) is 0 Å². The van der Waals surface area contributed by atoms with E-state index in [1.807, 2.05) is 29.6 Å². The molecule has 1 aliphatic heterocycles. The summed E-state index contributed by atoms with van der Waals surface area (Å²) in [5, 5.41) is 9.75. The van der Waals surface area contributed by atoms with Crippen molar-refractivity contribution in [1.82, 2.24) is 19.4 Å². The number of hydrogen-bond acceptors (Lipinski definition) is 5. The highest BCUT2D eigenvalue weighted by Crippen LogP contribution is 2.28. The van der Waals surface area contributed by atoms with Crippen molar-refractivity contribution in [3.8, 4) is 11.6 Å². The zero-order valence-electron chi connectivity index (χ0n) is 13.4. The summed E-state index contributed by atoms with van der Waals surface area (Å²) >= 11 is 0. The molecule has 0 unspecified atom stereocenters. The van der Waals surface area contributed by atoms with E-state index in [9.17, 15) is 5.11 Å². The maximum Gasteiger partial charge on any atom is 0.247 e. The fraction of sp³-hybridized carbons (Fsp3) is 0.294. The molecule has 0 spiro atoms. The molecule has 3 heterocycles. The Kier molecular flexibility index (Phi) is 3.82. The first kappa shape index (κ1) is 15.1. The molecule has 2 aromatic heterocycles. The van der Waals surface area contributed by atoms with Crippen LogP contribution in [-0.2, 0) is 20.0 Å². The number of aryl methyl sites for hydroxylation is 2. The summed E-state index contributed by atoms with van der Waals surface area (Å²) < 4.78 is 7.81. The Morgan fingerprint density at radius 3 is 2.83 bits per heavy atom. The first-order valence-electron chi connectivity index (χ1n) is 7.44. The van der Waals surface area contributed by atoms with E-state index in [0.717, 1.165) is 35.9 Å². The summed E-state index contributed by atoms with van der Waals surface area (Å²) in [5.74, 6) is 2.35. The van der Waals surface area contributed by atoms with Crippen LogP contribution in [0.25, 0.3) is 11.6 Å². The molecule has 6 heteroatoms. The zero-order chi connectivity index (χ0) is 16.6. The van der Waals surface area contributed by atoms with E-state index in [1.54, 1.807) is 12.2 Å². The number of imidazole rings is 1. The van der Waals surface area contributed by atoms with Crippen LogP contribution in [0, 0.1) is 6.92 Å². The van der Waals surface area contributed by atoms with E-state index in [4.69, 9.17) is 4.42 Å². The molecule has 0 fully saturated rings. The summed E-state index contributed by atoms with van der Waals surface area (Å²) in [4.78, 5) is 11.0. The first-order valence-corrected chi connectivity index (χ1v) is 7.44. The quantitative estimate of drug-likeness (QED) is 0.694. The van der Waals surface area contributed by atoms with Crippen LogP contribution in [0.4, 0.5) is 0 Å². The molecule has 23 heavy (non-hydrogen) atoms. The maximum atomic E-state index is 9.75. The summed E-state index contributed by atoms with van der Waals surface area (Å²) in [7, 11) is 1.94. The summed E-state index contributed by atoms with van der Waals surface area (Å²) in [6, 6.07) is 0. The van der Waals surface area contributed by atoms with Crippen molar-refractivity contribution in [2.75, 3.05) is 6.54 Å². The molecule has 0 aliphatic carbocycles. The summed E-state index contributed by atoms with van der Waals surface area (Å²) in [5.41, 5.74) is 2.26. The highest BCUT2D eigenvalue weighted by molar-refractivity contribution is 5.47. The van der Waals surface area contributed by atoms with Crippen LogP contribution in [0.5, 0.6) is 0 Å². The molecular weight excluding hydrogens is 292 g/mol. The van der Waals surface area contributed by atoms with Crippen LogP contribution >= 0.6 is 0 Å². The van der Waals surface area contributed by atoms with Gasteiger partial charge in [-0.25, -0.2) is 9.97 Å². The van der Waals surface area contributed by atoms with E-state index >= 15 is 0 Å². The molecular formula is C17H20N4O2. The van der Waals surface area contributed by atoms with Crippen LogP contribution in [0.15, 0.2) is 47.4 Å². The van der Waals surface area contributed by atoms with Gasteiger partial charge in [0.15, 0.2) is 0 Å². The Bertz CT molecular complexity index is 778. The van der Waals surface area contributed by atoms with Crippen LogP contribution in [-0.4, -0.2) is 31.1 Å². The predicted molar refractivity (Wildman–Crippen MR) is 87.6 cm³/mol. The molecule has 0 bridgehead atoms. The van der Waals surface area contributed by atoms with Gasteiger partial charge >= 0.3 is 0 Å². The molecule has 0 amide bonds. The minimum Gasteiger partial charge on any atom is -0.506 e. The average Bonchev–Trinajstić information content (AvgIpc) is 3.07. The van der Waals surface area contributed by atoms with Gasteiger partial charge in [-0.05, 0) is 13.0 Å².